The molecule has 1 amide bonds. The maximum atomic E-state index is 12.4. The van der Waals surface area contributed by atoms with Crippen LogP contribution in [0.25, 0.3) is 9.75 Å². The molecule has 0 aliphatic rings. The predicted molar refractivity (Wildman–Crippen MR) is 121 cm³/mol. The van der Waals surface area contributed by atoms with Gasteiger partial charge in [-0.1, -0.05) is 0 Å². The van der Waals surface area contributed by atoms with E-state index in [2.05, 4.69) is 5.32 Å². The Kier molecular flexibility index (Phi) is 7.20. The molecule has 12 heteroatoms. The second-order valence-electron chi connectivity index (χ2n) is 6.62. The number of hydrogen-bond acceptors (Lipinski definition) is 8. The number of thiophene rings is 2. The summed E-state index contributed by atoms with van der Waals surface area (Å²) >= 11 is 2.23. The number of carbonyl (C=O) groups is 4. The molecular formula is C21H17N3O7S2. The Bertz CT molecular complexity index is 1230. The smallest absolute Gasteiger partial charge is 0.353 e. The standard InChI is InChI=1S/C21H17N3O7S2/c22-18(23)10-1-3-11(4-2-10)31-21(30)16-8-6-14(33-16)13-5-7-15(32-13)19(27)24-12(20(28)29)9-17(25)26/h1-8,12H,9H2,(H3,22,23)(H,24,27)(H,25,26)(H,28,29)/t12-/m0/s1. The highest BCUT2D eigenvalue weighted by Gasteiger charge is 2.24. The number of ether oxygens (including phenoxy) is 1. The Labute approximate surface area is 194 Å². The first-order valence-electron chi connectivity index (χ1n) is 9.26. The molecule has 10 nitrogen and oxygen atoms in total. The highest BCUT2D eigenvalue weighted by molar-refractivity contribution is 7.23. The van der Waals surface area contributed by atoms with Gasteiger partial charge in [0.1, 0.15) is 22.5 Å². The Balaban J connectivity index is 1.67. The lowest BCUT2D eigenvalue weighted by atomic mass is 10.2. The van der Waals surface area contributed by atoms with Crippen LogP contribution in [0.3, 0.4) is 0 Å². The molecule has 6 N–H and O–H groups in total. The largest absolute Gasteiger partial charge is 0.481 e. The van der Waals surface area contributed by atoms with Crippen molar-refractivity contribution >= 4 is 52.3 Å². The van der Waals surface area contributed by atoms with Gasteiger partial charge in [-0.2, -0.15) is 0 Å². The maximum absolute atomic E-state index is 12.4. The van der Waals surface area contributed by atoms with Gasteiger partial charge in [0.05, 0.1) is 11.3 Å². The van der Waals surface area contributed by atoms with Crippen molar-refractivity contribution in [3.63, 3.8) is 0 Å². The molecule has 0 unspecified atom stereocenters. The summed E-state index contributed by atoms with van der Waals surface area (Å²) in [5.74, 6) is -3.87. The lowest BCUT2D eigenvalue weighted by Crippen LogP contribution is -2.41. The van der Waals surface area contributed by atoms with E-state index in [1.807, 2.05) is 0 Å². The molecule has 2 heterocycles. The summed E-state index contributed by atoms with van der Waals surface area (Å²) in [6.07, 6.45) is -0.743. The topological polar surface area (TPSA) is 180 Å². The van der Waals surface area contributed by atoms with Crippen LogP contribution in [0.1, 0.15) is 31.3 Å². The average molecular weight is 488 g/mol. The van der Waals surface area contributed by atoms with Crippen LogP contribution in [-0.4, -0.2) is 45.9 Å². The van der Waals surface area contributed by atoms with Gasteiger partial charge < -0.3 is 26.0 Å². The van der Waals surface area contributed by atoms with Crippen LogP contribution in [0.4, 0.5) is 0 Å². The van der Waals surface area contributed by atoms with Crippen LogP contribution in [0.2, 0.25) is 0 Å². The van der Waals surface area contributed by atoms with E-state index in [1.54, 1.807) is 30.3 Å². The monoisotopic (exact) mass is 487 g/mol. The van der Waals surface area contributed by atoms with Gasteiger partial charge in [0, 0.05) is 15.3 Å². The lowest BCUT2D eigenvalue weighted by Gasteiger charge is -2.11. The SMILES string of the molecule is N=C(N)c1ccc(OC(=O)c2ccc(-c3ccc(C(=O)N[C@@H](CC(=O)O)C(=O)O)s3)s2)cc1. The summed E-state index contributed by atoms with van der Waals surface area (Å²) in [5.41, 5.74) is 5.90. The van der Waals surface area contributed by atoms with E-state index in [1.165, 1.54) is 18.2 Å². The molecule has 0 saturated heterocycles. The third-order valence-corrected chi connectivity index (χ3v) is 6.58. The molecule has 0 radical (unpaired) electrons. The number of esters is 1. The lowest BCUT2D eigenvalue weighted by molar-refractivity contribution is -0.145. The summed E-state index contributed by atoms with van der Waals surface area (Å²) < 4.78 is 5.32. The summed E-state index contributed by atoms with van der Waals surface area (Å²) in [6.45, 7) is 0. The van der Waals surface area contributed by atoms with Crippen molar-refractivity contribution in [3.8, 4) is 15.5 Å². The van der Waals surface area contributed by atoms with Crippen LogP contribution < -0.4 is 15.8 Å². The third-order valence-electron chi connectivity index (χ3n) is 4.24. The number of nitrogens with one attached hydrogen (secondary N) is 2. The summed E-state index contributed by atoms with van der Waals surface area (Å²) in [4.78, 5) is 48.5. The van der Waals surface area contributed by atoms with E-state index >= 15 is 0 Å². The fourth-order valence-corrected chi connectivity index (χ4v) is 4.52. The summed E-state index contributed by atoms with van der Waals surface area (Å²) in [7, 11) is 0. The van der Waals surface area contributed by atoms with Crippen LogP contribution >= 0.6 is 22.7 Å². The molecule has 0 aliphatic carbocycles. The van der Waals surface area contributed by atoms with Gasteiger partial charge >= 0.3 is 17.9 Å². The molecule has 1 aromatic carbocycles. The van der Waals surface area contributed by atoms with Gasteiger partial charge in [-0.25, -0.2) is 9.59 Å². The molecule has 170 valence electrons. The second kappa shape index (κ2) is 10.1. The van der Waals surface area contributed by atoms with E-state index in [9.17, 15) is 19.2 Å². The van der Waals surface area contributed by atoms with Gasteiger partial charge in [0.15, 0.2) is 0 Å². The van der Waals surface area contributed by atoms with Crippen molar-refractivity contribution in [3.05, 3.63) is 63.8 Å². The minimum Gasteiger partial charge on any atom is -0.481 e. The van der Waals surface area contributed by atoms with Gasteiger partial charge in [0.25, 0.3) is 5.91 Å². The zero-order valence-corrected chi connectivity index (χ0v) is 18.4. The van der Waals surface area contributed by atoms with Gasteiger partial charge in [-0.15, -0.1) is 22.7 Å². The van der Waals surface area contributed by atoms with Crippen LogP contribution in [0, 0.1) is 5.41 Å². The van der Waals surface area contributed by atoms with Crippen LogP contribution in [0.15, 0.2) is 48.5 Å². The first-order chi connectivity index (χ1) is 15.6. The fourth-order valence-electron chi connectivity index (χ4n) is 2.64. The van der Waals surface area contributed by atoms with Crippen LogP contribution in [0.5, 0.6) is 5.75 Å². The minimum absolute atomic E-state index is 0.0971. The number of amides is 1. The molecule has 0 fully saturated rings. The second-order valence-corrected chi connectivity index (χ2v) is 8.79. The van der Waals surface area contributed by atoms with E-state index in [0.29, 0.717) is 25.9 Å². The number of carbonyl (C=O) groups excluding carboxylic acids is 2. The number of carboxylic acid groups (broad SMARTS) is 2. The zero-order valence-electron chi connectivity index (χ0n) is 16.7. The van der Waals surface area contributed by atoms with Crippen molar-refractivity contribution in [1.29, 1.82) is 5.41 Å². The number of nitrogen functional groups attached to an aromatic ring is 1. The molecule has 2 aromatic heterocycles. The quantitative estimate of drug-likeness (QED) is 0.132. The first kappa shape index (κ1) is 23.6. The Hall–Kier alpha value is -4.03. The highest BCUT2D eigenvalue weighted by Crippen LogP contribution is 2.34. The molecule has 33 heavy (non-hydrogen) atoms. The maximum Gasteiger partial charge on any atom is 0.353 e. The van der Waals surface area contributed by atoms with E-state index in [-0.39, 0.29) is 10.7 Å². The fraction of sp³-hybridized carbons (Fsp3) is 0.0952. The summed E-state index contributed by atoms with van der Waals surface area (Å²) in [5, 5.41) is 27.4. The molecule has 3 rings (SSSR count). The Morgan fingerprint density at radius 1 is 0.939 bits per heavy atom. The van der Waals surface area contributed by atoms with E-state index in [0.717, 1.165) is 22.7 Å². The van der Waals surface area contributed by atoms with Crippen molar-refractivity contribution in [2.45, 2.75) is 12.5 Å². The molecule has 0 saturated carbocycles. The normalized spacial score (nSPS) is 11.4. The van der Waals surface area contributed by atoms with Gasteiger partial charge in [-0.3, -0.25) is 15.0 Å². The number of aliphatic carboxylic acids is 2. The molecular weight excluding hydrogens is 470 g/mol. The van der Waals surface area contributed by atoms with Gasteiger partial charge in [-0.05, 0) is 48.5 Å². The predicted octanol–water partition coefficient (Wildman–Crippen LogP) is 2.64. The molecule has 1 atom stereocenters. The number of benzene rings is 1. The van der Waals surface area contributed by atoms with Crippen molar-refractivity contribution in [2.24, 2.45) is 5.73 Å². The minimum atomic E-state index is -1.55. The number of hydrogen-bond donors (Lipinski definition) is 5. The average Bonchev–Trinajstić information content (AvgIpc) is 3.43. The molecule has 3 aromatic rings. The molecule has 0 aliphatic heterocycles. The Morgan fingerprint density at radius 2 is 1.52 bits per heavy atom. The highest BCUT2D eigenvalue weighted by atomic mass is 32.1. The van der Waals surface area contributed by atoms with E-state index in [4.69, 9.17) is 26.1 Å². The zero-order chi connectivity index (χ0) is 24.1. The van der Waals surface area contributed by atoms with Crippen molar-refractivity contribution in [2.75, 3.05) is 0 Å². The number of nitrogens with two attached hydrogens (primary N) is 1. The number of amidine groups is 1. The van der Waals surface area contributed by atoms with Gasteiger partial charge in [0.2, 0.25) is 0 Å². The first-order valence-corrected chi connectivity index (χ1v) is 10.9. The molecule has 0 bridgehead atoms. The summed E-state index contributed by atoms with van der Waals surface area (Å²) in [6, 6.07) is 11.1. The van der Waals surface area contributed by atoms with E-state index < -0.39 is 36.3 Å². The third kappa shape index (κ3) is 6.02. The number of rotatable bonds is 9. The Morgan fingerprint density at radius 3 is 2.06 bits per heavy atom. The number of carboxylic acids is 2. The van der Waals surface area contributed by atoms with Crippen LogP contribution in [-0.2, 0) is 9.59 Å². The molecule has 0 spiro atoms. The van der Waals surface area contributed by atoms with Crippen molar-refractivity contribution in [1.82, 2.24) is 5.32 Å². The van der Waals surface area contributed by atoms with Crippen molar-refractivity contribution < 1.29 is 34.1 Å².